The second kappa shape index (κ2) is 5.30. The first-order chi connectivity index (χ1) is 9.60. The summed E-state index contributed by atoms with van der Waals surface area (Å²) in [5, 5.41) is 14.2. The minimum absolute atomic E-state index is 0.192. The fourth-order valence-electron chi connectivity index (χ4n) is 2.62. The third-order valence-electron chi connectivity index (χ3n) is 3.58. The third-order valence-corrected chi connectivity index (χ3v) is 3.58. The quantitative estimate of drug-likeness (QED) is 0.877. The lowest BCUT2D eigenvalue weighted by atomic mass is 10.3. The summed E-state index contributed by atoms with van der Waals surface area (Å²) >= 11 is 0. The molecule has 0 spiro atoms. The zero-order chi connectivity index (χ0) is 14.1. The van der Waals surface area contributed by atoms with Crippen molar-refractivity contribution in [3.05, 3.63) is 36.4 Å². The molecule has 0 radical (unpaired) electrons. The zero-order valence-corrected chi connectivity index (χ0v) is 11.8. The summed E-state index contributed by atoms with van der Waals surface area (Å²) in [7, 11) is 3.86. The topological polar surface area (TPSA) is 55.4 Å². The maximum atomic E-state index is 10.1. The number of ether oxygens (including phenoxy) is 1. The molecular formula is C14H20N4O2. The first-order valence-corrected chi connectivity index (χ1v) is 6.77. The molecule has 6 nitrogen and oxygen atoms in total. The van der Waals surface area contributed by atoms with Gasteiger partial charge in [0.1, 0.15) is 12.2 Å². The highest BCUT2D eigenvalue weighted by atomic mass is 16.5. The average molecular weight is 276 g/mol. The lowest BCUT2D eigenvalue weighted by Crippen LogP contribution is -2.29. The summed E-state index contributed by atoms with van der Waals surface area (Å²) in [5.74, 6) is 0.707. The minimum Gasteiger partial charge on any atom is -0.483 e. The normalized spacial score (nSPS) is 23.4. The maximum absolute atomic E-state index is 10.1. The van der Waals surface area contributed by atoms with Gasteiger partial charge in [-0.15, -0.1) is 0 Å². The summed E-state index contributed by atoms with van der Waals surface area (Å²) in [5.41, 5.74) is 1.25. The van der Waals surface area contributed by atoms with E-state index < -0.39 is 6.10 Å². The van der Waals surface area contributed by atoms with Crippen LogP contribution in [0.5, 0.6) is 5.75 Å². The number of aryl methyl sites for hydroxylation is 2. The zero-order valence-electron chi connectivity index (χ0n) is 11.8. The summed E-state index contributed by atoms with van der Waals surface area (Å²) in [6.07, 6.45) is 6.97. The molecule has 1 N–H and O–H groups in total. The van der Waals surface area contributed by atoms with Gasteiger partial charge in [-0.05, 0) is 11.6 Å². The summed E-state index contributed by atoms with van der Waals surface area (Å²) in [6, 6.07) is 2.10. The number of nitrogens with zero attached hydrogens (tertiary/aromatic N) is 4. The number of likely N-dealkylation sites (tertiary alicyclic amines) is 1. The van der Waals surface area contributed by atoms with Crippen molar-refractivity contribution in [2.75, 3.05) is 13.1 Å². The number of hydrogen-bond acceptors (Lipinski definition) is 4. The van der Waals surface area contributed by atoms with E-state index in [2.05, 4.69) is 22.3 Å². The monoisotopic (exact) mass is 276 g/mol. The van der Waals surface area contributed by atoms with Crippen LogP contribution in [0.2, 0.25) is 0 Å². The van der Waals surface area contributed by atoms with Crippen molar-refractivity contribution in [1.29, 1.82) is 0 Å². The van der Waals surface area contributed by atoms with Gasteiger partial charge in [0.25, 0.3) is 0 Å². The highest BCUT2D eigenvalue weighted by molar-refractivity contribution is 5.14. The molecule has 0 aromatic carbocycles. The van der Waals surface area contributed by atoms with Crippen LogP contribution in [0.15, 0.2) is 30.9 Å². The molecule has 0 unspecified atom stereocenters. The lowest BCUT2D eigenvalue weighted by Gasteiger charge is -2.15. The van der Waals surface area contributed by atoms with Crippen LogP contribution in [0.4, 0.5) is 0 Å². The maximum Gasteiger partial charge on any atom is 0.157 e. The molecule has 0 amide bonds. The Hall–Kier alpha value is -1.79. The molecule has 0 bridgehead atoms. The SMILES string of the molecule is Cn1ccc(CN2C[C@@H](O)[C@H](Oc3cnn(C)c3)C2)c1. The van der Waals surface area contributed by atoms with Crippen LogP contribution < -0.4 is 4.74 Å². The number of aromatic nitrogens is 3. The second-order valence-electron chi connectivity index (χ2n) is 5.45. The van der Waals surface area contributed by atoms with Crippen molar-refractivity contribution in [3.8, 4) is 5.75 Å². The summed E-state index contributed by atoms with van der Waals surface area (Å²) in [6.45, 7) is 2.20. The number of aliphatic hydroxyl groups excluding tert-OH is 1. The Morgan fingerprint density at radius 3 is 2.85 bits per heavy atom. The van der Waals surface area contributed by atoms with Gasteiger partial charge in [0.15, 0.2) is 5.75 Å². The summed E-state index contributed by atoms with van der Waals surface area (Å²) < 4.78 is 9.53. The molecule has 2 aromatic rings. The Morgan fingerprint density at radius 1 is 1.35 bits per heavy atom. The van der Waals surface area contributed by atoms with E-state index in [1.807, 2.05) is 31.1 Å². The van der Waals surface area contributed by atoms with Crippen LogP contribution in [0.25, 0.3) is 0 Å². The molecule has 108 valence electrons. The van der Waals surface area contributed by atoms with Gasteiger partial charge in [0.2, 0.25) is 0 Å². The van der Waals surface area contributed by atoms with Gasteiger partial charge in [0.05, 0.1) is 12.4 Å². The fourth-order valence-corrected chi connectivity index (χ4v) is 2.62. The third kappa shape index (κ3) is 2.86. The predicted octanol–water partition coefficient (Wildman–Crippen LogP) is 0.383. The second-order valence-corrected chi connectivity index (χ2v) is 5.45. The van der Waals surface area contributed by atoms with E-state index in [0.29, 0.717) is 12.3 Å². The number of rotatable bonds is 4. The van der Waals surface area contributed by atoms with E-state index in [9.17, 15) is 5.11 Å². The van der Waals surface area contributed by atoms with Crippen molar-refractivity contribution in [3.63, 3.8) is 0 Å². The van der Waals surface area contributed by atoms with Crippen LogP contribution in [0, 0.1) is 0 Å². The number of β-amino-alcohol motifs (C(OH)–C–C–N with tert-alkyl or cyclic N) is 1. The van der Waals surface area contributed by atoms with Crippen molar-refractivity contribution in [1.82, 2.24) is 19.2 Å². The van der Waals surface area contributed by atoms with Gasteiger partial charge in [-0.1, -0.05) is 0 Å². The smallest absolute Gasteiger partial charge is 0.157 e. The Morgan fingerprint density at radius 2 is 2.20 bits per heavy atom. The largest absolute Gasteiger partial charge is 0.483 e. The van der Waals surface area contributed by atoms with E-state index in [-0.39, 0.29) is 6.10 Å². The Labute approximate surface area is 118 Å². The first kappa shape index (κ1) is 13.2. The first-order valence-electron chi connectivity index (χ1n) is 6.77. The van der Waals surface area contributed by atoms with Crippen molar-refractivity contribution in [2.45, 2.75) is 18.8 Å². The van der Waals surface area contributed by atoms with E-state index in [1.165, 1.54) is 5.56 Å². The molecule has 2 aromatic heterocycles. The number of aliphatic hydroxyl groups is 1. The molecular weight excluding hydrogens is 256 g/mol. The molecule has 3 heterocycles. The van der Waals surface area contributed by atoms with E-state index in [0.717, 1.165) is 13.1 Å². The summed E-state index contributed by atoms with van der Waals surface area (Å²) in [4.78, 5) is 2.21. The molecule has 0 saturated carbocycles. The van der Waals surface area contributed by atoms with E-state index >= 15 is 0 Å². The Balaban J connectivity index is 1.59. The van der Waals surface area contributed by atoms with Crippen LogP contribution >= 0.6 is 0 Å². The average Bonchev–Trinajstić information content (AvgIpc) is 3.05. The van der Waals surface area contributed by atoms with Crippen LogP contribution in [0.3, 0.4) is 0 Å². The molecule has 6 heteroatoms. The van der Waals surface area contributed by atoms with Crippen molar-refractivity contribution >= 4 is 0 Å². The van der Waals surface area contributed by atoms with Gasteiger partial charge in [-0.2, -0.15) is 5.10 Å². The predicted molar refractivity (Wildman–Crippen MR) is 74.3 cm³/mol. The van der Waals surface area contributed by atoms with Crippen molar-refractivity contribution in [2.24, 2.45) is 14.1 Å². The Bertz CT molecular complexity index is 577. The van der Waals surface area contributed by atoms with Gasteiger partial charge in [-0.25, -0.2) is 0 Å². The van der Waals surface area contributed by atoms with Gasteiger partial charge in [-0.3, -0.25) is 9.58 Å². The highest BCUT2D eigenvalue weighted by Crippen LogP contribution is 2.19. The molecule has 2 atom stereocenters. The van der Waals surface area contributed by atoms with E-state index in [1.54, 1.807) is 10.9 Å². The van der Waals surface area contributed by atoms with E-state index in [4.69, 9.17) is 4.74 Å². The highest BCUT2D eigenvalue weighted by Gasteiger charge is 2.33. The molecule has 0 aliphatic carbocycles. The Kier molecular flexibility index (Phi) is 3.50. The molecule has 1 aliphatic rings. The molecule has 3 rings (SSSR count). The standard InChI is InChI=1S/C14H20N4O2/c1-16-4-3-11(6-16)7-18-9-13(19)14(10-18)20-12-5-15-17(2)8-12/h3-6,8,13-14,19H,7,9-10H2,1-2H3/t13-,14-/m1/s1. The molecule has 1 aliphatic heterocycles. The number of hydrogen-bond donors (Lipinski definition) is 1. The van der Waals surface area contributed by atoms with Gasteiger partial charge >= 0.3 is 0 Å². The molecule has 1 saturated heterocycles. The molecule has 1 fully saturated rings. The lowest BCUT2D eigenvalue weighted by molar-refractivity contribution is 0.0736. The van der Waals surface area contributed by atoms with Crippen LogP contribution in [-0.2, 0) is 20.6 Å². The molecule has 20 heavy (non-hydrogen) atoms. The fraction of sp³-hybridized carbons (Fsp3) is 0.500. The van der Waals surface area contributed by atoms with Crippen LogP contribution in [0.1, 0.15) is 5.56 Å². The van der Waals surface area contributed by atoms with Crippen molar-refractivity contribution < 1.29 is 9.84 Å². The van der Waals surface area contributed by atoms with Gasteiger partial charge < -0.3 is 14.4 Å². The minimum atomic E-state index is -0.459. The van der Waals surface area contributed by atoms with Gasteiger partial charge in [0, 0.05) is 46.1 Å². The van der Waals surface area contributed by atoms with Crippen LogP contribution in [-0.4, -0.2) is 49.7 Å².